The molecule has 1 saturated heterocycles. The van der Waals surface area contributed by atoms with Crippen molar-refractivity contribution in [3.8, 4) is 11.5 Å². The van der Waals surface area contributed by atoms with Crippen LogP contribution in [0.2, 0.25) is 0 Å². The highest BCUT2D eigenvalue weighted by molar-refractivity contribution is 8.00. The van der Waals surface area contributed by atoms with Crippen molar-refractivity contribution < 1.29 is 0 Å². The van der Waals surface area contributed by atoms with Gasteiger partial charge < -0.3 is 4.90 Å². The van der Waals surface area contributed by atoms with E-state index in [1.165, 1.54) is 35.1 Å². The van der Waals surface area contributed by atoms with Crippen molar-refractivity contribution in [2.45, 2.75) is 50.8 Å². The first-order valence-electron chi connectivity index (χ1n) is 9.69. The average molecular weight is 398 g/mol. The van der Waals surface area contributed by atoms with E-state index in [9.17, 15) is 0 Å². The molecule has 0 amide bonds. The number of nitrogens with zero attached hydrogens (tertiary/aromatic N) is 5. The number of fused-ring (bicyclic) bond motifs is 3. The molecule has 1 fully saturated rings. The molecule has 3 aromatic heterocycles. The standard InChI is InChI=1S/C20H23N5S2/c1-12-13(2)26-10-9-25(12)19-17-14-5-3-4-6-16(14)27-20(17)24-18(23-19)15-11-21-7-8-22-15/h7-8,11-13H,3-6,9-10H2,1-2H3. The summed E-state index contributed by atoms with van der Waals surface area (Å²) in [6.45, 7) is 5.69. The SMILES string of the molecule is CC1SCCN(c2nc(-c3cnccn3)nc3sc4c(c23)CCCC4)C1C. The molecule has 5 rings (SSSR count). The molecular formula is C20H23N5S2. The zero-order chi connectivity index (χ0) is 18.4. The summed E-state index contributed by atoms with van der Waals surface area (Å²) >= 11 is 3.91. The van der Waals surface area contributed by atoms with E-state index in [-0.39, 0.29) is 0 Å². The lowest BCUT2D eigenvalue weighted by Crippen LogP contribution is -2.45. The van der Waals surface area contributed by atoms with E-state index in [0.717, 1.165) is 35.1 Å². The van der Waals surface area contributed by atoms with Crippen molar-refractivity contribution in [1.82, 2.24) is 19.9 Å². The van der Waals surface area contributed by atoms with Gasteiger partial charge >= 0.3 is 0 Å². The fourth-order valence-corrected chi connectivity index (χ4v) is 6.46. The van der Waals surface area contributed by atoms with Gasteiger partial charge in [-0.15, -0.1) is 11.3 Å². The van der Waals surface area contributed by atoms with Crippen LogP contribution in [-0.4, -0.2) is 43.5 Å². The fourth-order valence-electron chi connectivity index (χ4n) is 4.11. The van der Waals surface area contributed by atoms with Crippen LogP contribution in [0.4, 0.5) is 5.82 Å². The van der Waals surface area contributed by atoms with Crippen LogP contribution >= 0.6 is 23.1 Å². The van der Waals surface area contributed by atoms with E-state index in [0.29, 0.717) is 17.1 Å². The van der Waals surface area contributed by atoms with E-state index < -0.39 is 0 Å². The number of aryl methyl sites for hydroxylation is 2. The van der Waals surface area contributed by atoms with Crippen molar-refractivity contribution >= 4 is 39.1 Å². The quantitative estimate of drug-likeness (QED) is 0.640. The van der Waals surface area contributed by atoms with Crippen molar-refractivity contribution in [2.24, 2.45) is 0 Å². The molecule has 1 aliphatic heterocycles. The number of thiophene rings is 1. The highest BCUT2D eigenvalue weighted by Crippen LogP contribution is 2.42. The Balaban J connectivity index is 1.74. The fraction of sp³-hybridized carbons (Fsp3) is 0.500. The van der Waals surface area contributed by atoms with Crippen molar-refractivity contribution in [3.63, 3.8) is 0 Å². The Morgan fingerprint density at radius 1 is 1.11 bits per heavy atom. The van der Waals surface area contributed by atoms with Crippen molar-refractivity contribution in [2.75, 3.05) is 17.2 Å². The first-order valence-corrected chi connectivity index (χ1v) is 11.6. The lowest BCUT2D eigenvalue weighted by Gasteiger charge is -2.39. The maximum Gasteiger partial charge on any atom is 0.183 e. The van der Waals surface area contributed by atoms with Gasteiger partial charge in [0.2, 0.25) is 0 Å². The predicted molar refractivity (Wildman–Crippen MR) is 114 cm³/mol. The lowest BCUT2D eigenvalue weighted by atomic mass is 9.96. The predicted octanol–water partition coefficient (Wildman–Crippen LogP) is 4.36. The van der Waals surface area contributed by atoms with Gasteiger partial charge in [0.25, 0.3) is 0 Å². The maximum absolute atomic E-state index is 5.07. The third-order valence-electron chi connectivity index (χ3n) is 5.74. The van der Waals surface area contributed by atoms with Gasteiger partial charge in [-0.1, -0.05) is 6.92 Å². The van der Waals surface area contributed by atoms with Gasteiger partial charge in [-0.05, 0) is 38.2 Å². The third-order valence-corrected chi connectivity index (χ3v) is 8.27. The summed E-state index contributed by atoms with van der Waals surface area (Å²) in [4.78, 5) is 23.8. The minimum atomic E-state index is 0.454. The molecule has 5 nitrogen and oxygen atoms in total. The molecule has 2 aliphatic rings. The first kappa shape index (κ1) is 17.4. The molecule has 0 N–H and O–H groups in total. The van der Waals surface area contributed by atoms with Crippen LogP contribution in [0.3, 0.4) is 0 Å². The Labute approximate surface area is 167 Å². The van der Waals surface area contributed by atoms with Crippen LogP contribution < -0.4 is 4.90 Å². The second-order valence-corrected chi connectivity index (χ2v) is 9.93. The maximum atomic E-state index is 5.07. The van der Waals surface area contributed by atoms with Gasteiger partial charge in [0, 0.05) is 40.9 Å². The Kier molecular flexibility index (Phi) is 4.52. The van der Waals surface area contributed by atoms with Crippen molar-refractivity contribution in [3.05, 3.63) is 29.0 Å². The molecule has 2 atom stereocenters. The molecular weight excluding hydrogens is 374 g/mol. The smallest absolute Gasteiger partial charge is 0.183 e. The summed E-state index contributed by atoms with van der Waals surface area (Å²) in [7, 11) is 0. The molecule has 27 heavy (non-hydrogen) atoms. The zero-order valence-corrected chi connectivity index (χ0v) is 17.3. The Bertz CT molecular complexity index is 971. The highest BCUT2D eigenvalue weighted by atomic mass is 32.2. The summed E-state index contributed by atoms with van der Waals surface area (Å²) < 4.78 is 0. The third kappa shape index (κ3) is 3.01. The summed E-state index contributed by atoms with van der Waals surface area (Å²) in [5, 5.41) is 1.89. The van der Waals surface area contributed by atoms with E-state index in [1.807, 2.05) is 11.3 Å². The largest absolute Gasteiger partial charge is 0.351 e. The summed E-state index contributed by atoms with van der Waals surface area (Å²) in [6.07, 6.45) is 10.1. The average Bonchev–Trinajstić information content (AvgIpc) is 3.09. The first-order chi connectivity index (χ1) is 13.2. The molecule has 0 radical (unpaired) electrons. The highest BCUT2D eigenvalue weighted by Gasteiger charge is 2.30. The second kappa shape index (κ2) is 7.02. The van der Waals surface area contributed by atoms with E-state index in [1.54, 1.807) is 18.6 Å². The molecule has 0 saturated carbocycles. The number of hydrogen-bond acceptors (Lipinski definition) is 7. The van der Waals surface area contributed by atoms with Crippen LogP contribution in [0.25, 0.3) is 21.7 Å². The summed E-state index contributed by atoms with van der Waals surface area (Å²) in [5.74, 6) is 2.95. The molecule has 0 spiro atoms. The van der Waals surface area contributed by atoms with Crippen LogP contribution in [0.15, 0.2) is 18.6 Å². The minimum Gasteiger partial charge on any atom is -0.351 e. The monoisotopic (exact) mass is 397 g/mol. The van der Waals surface area contributed by atoms with E-state index >= 15 is 0 Å². The number of anilines is 1. The molecule has 3 aromatic rings. The summed E-state index contributed by atoms with van der Waals surface area (Å²) in [6, 6.07) is 0.454. The van der Waals surface area contributed by atoms with Gasteiger partial charge in [0.1, 0.15) is 16.3 Å². The number of thioether (sulfide) groups is 1. The van der Waals surface area contributed by atoms with E-state index in [2.05, 4.69) is 40.5 Å². The molecule has 140 valence electrons. The number of rotatable bonds is 2. The Morgan fingerprint density at radius 2 is 2.00 bits per heavy atom. The van der Waals surface area contributed by atoms with Crippen molar-refractivity contribution in [1.29, 1.82) is 0 Å². The Hall–Kier alpha value is -1.73. The molecule has 1 aliphatic carbocycles. The molecule has 0 bridgehead atoms. The second-order valence-electron chi connectivity index (χ2n) is 7.36. The van der Waals surface area contributed by atoms with Crippen LogP contribution in [0.1, 0.15) is 37.1 Å². The van der Waals surface area contributed by atoms with Gasteiger partial charge in [-0.25, -0.2) is 15.0 Å². The summed E-state index contributed by atoms with van der Waals surface area (Å²) in [5.41, 5.74) is 2.25. The molecule has 7 heteroatoms. The van der Waals surface area contributed by atoms with Gasteiger partial charge in [-0.2, -0.15) is 11.8 Å². The minimum absolute atomic E-state index is 0.454. The van der Waals surface area contributed by atoms with Gasteiger partial charge in [0.15, 0.2) is 5.82 Å². The van der Waals surface area contributed by atoms with Crippen LogP contribution in [-0.2, 0) is 12.8 Å². The molecule has 0 aromatic carbocycles. The number of hydrogen-bond donors (Lipinski definition) is 0. The number of aromatic nitrogens is 4. The van der Waals surface area contributed by atoms with Gasteiger partial charge in [0.05, 0.1) is 11.6 Å². The normalized spacial score (nSPS) is 22.8. The topological polar surface area (TPSA) is 54.8 Å². The zero-order valence-electron chi connectivity index (χ0n) is 15.7. The van der Waals surface area contributed by atoms with Gasteiger partial charge in [-0.3, -0.25) is 4.98 Å². The van der Waals surface area contributed by atoms with E-state index in [4.69, 9.17) is 9.97 Å². The van der Waals surface area contributed by atoms with Crippen LogP contribution in [0, 0.1) is 0 Å². The molecule has 2 unspecified atom stereocenters. The van der Waals surface area contributed by atoms with Crippen LogP contribution in [0.5, 0.6) is 0 Å². The molecule has 4 heterocycles. The lowest BCUT2D eigenvalue weighted by molar-refractivity contribution is 0.622. The Morgan fingerprint density at radius 3 is 2.85 bits per heavy atom.